The van der Waals surface area contributed by atoms with E-state index in [2.05, 4.69) is 12.2 Å². The van der Waals surface area contributed by atoms with Gasteiger partial charge in [0.1, 0.15) is 18.8 Å². The van der Waals surface area contributed by atoms with E-state index in [-0.39, 0.29) is 19.8 Å². The first kappa shape index (κ1) is 21.0. The molecule has 0 heterocycles. The van der Waals surface area contributed by atoms with Gasteiger partial charge in [-0.15, -0.1) is 0 Å². The summed E-state index contributed by atoms with van der Waals surface area (Å²) in [5.74, 6) is -0.856. The molecule has 0 spiro atoms. The van der Waals surface area contributed by atoms with Crippen molar-refractivity contribution < 1.29 is 23.8 Å². The van der Waals surface area contributed by atoms with E-state index in [1.807, 2.05) is 12.1 Å². The number of unbranched alkanes of at least 4 members (excludes halogenated alkanes) is 1. The fourth-order valence-electron chi connectivity index (χ4n) is 1.94. The van der Waals surface area contributed by atoms with Crippen LogP contribution in [0.4, 0.5) is 5.69 Å². The van der Waals surface area contributed by atoms with Crippen molar-refractivity contribution >= 4 is 17.6 Å². The number of benzene rings is 1. The van der Waals surface area contributed by atoms with Crippen molar-refractivity contribution in [2.45, 2.75) is 46.1 Å². The van der Waals surface area contributed by atoms with Gasteiger partial charge in [0.05, 0.1) is 12.2 Å². The standard InChI is InChI=1S/C19H29NO5/c1-5-6-11-20-16-9-7-15(8-10-16)18(22)24-13-12-23-14-17(21)25-19(2,3)4/h7-10,20H,5-6,11-14H2,1-4H3. The molecule has 0 aromatic heterocycles. The number of ether oxygens (including phenoxy) is 3. The summed E-state index contributed by atoms with van der Waals surface area (Å²) in [7, 11) is 0. The summed E-state index contributed by atoms with van der Waals surface area (Å²) in [5, 5.41) is 3.28. The highest BCUT2D eigenvalue weighted by molar-refractivity contribution is 5.89. The molecule has 6 heteroatoms. The maximum absolute atomic E-state index is 11.9. The van der Waals surface area contributed by atoms with Crippen molar-refractivity contribution in [3.63, 3.8) is 0 Å². The highest BCUT2D eigenvalue weighted by Gasteiger charge is 2.16. The molecule has 0 bridgehead atoms. The zero-order valence-corrected chi connectivity index (χ0v) is 15.6. The summed E-state index contributed by atoms with van der Waals surface area (Å²) in [6.45, 7) is 8.48. The number of carbonyl (C=O) groups is 2. The Hall–Kier alpha value is -2.08. The Morgan fingerprint density at radius 3 is 2.36 bits per heavy atom. The lowest BCUT2D eigenvalue weighted by molar-refractivity contribution is -0.160. The van der Waals surface area contributed by atoms with Gasteiger partial charge < -0.3 is 19.5 Å². The second-order valence-corrected chi connectivity index (χ2v) is 6.63. The largest absolute Gasteiger partial charge is 0.460 e. The van der Waals surface area contributed by atoms with Crippen molar-refractivity contribution in [1.82, 2.24) is 0 Å². The molecule has 0 saturated heterocycles. The highest BCUT2D eigenvalue weighted by Crippen LogP contribution is 2.11. The molecule has 0 amide bonds. The molecule has 6 nitrogen and oxygen atoms in total. The van der Waals surface area contributed by atoms with Gasteiger partial charge in [0.2, 0.25) is 0 Å². The number of hydrogen-bond donors (Lipinski definition) is 1. The lowest BCUT2D eigenvalue weighted by Crippen LogP contribution is -2.27. The maximum Gasteiger partial charge on any atom is 0.338 e. The minimum atomic E-state index is -0.537. The first-order chi connectivity index (χ1) is 11.8. The monoisotopic (exact) mass is 351 g/mol. The molecule has 0 aliphatic carbocycles. The topological polar surface area (TPSA) is 73.9 Å². The van der Waals surface area contributed by atoms with Gasteiger partial charge in [-0.1, -0.05) is 13.3 Å². The Morgan fingerprint density at radius 2 is 1.76 bits per heavy atom. The molecular weight excluding hydrogens is 322 g/mol. The van der Waals surface area contributed by atoms with Gasteiger partial charge in [0.15, 0.2) is 0 Å². The van der Waals surface area contributed by atoms with Gasteiger partial charge in [-0.2, -0.15) is 0 Å². The second-order valence-electron chi connectivity index (χ2n) is 6.63. The molecule has 0 fully saturated rings. The quantitative estimate of drug-likeness (QED) is 0.514. The normalized spacial score (nSPS) is 11.0. The molecule has 0 radical (unpaired) electrons. The molecule has 0 saturated carbocycles. The summed E-state index contributed by atoms with van der Waals surface area (Å²) >= 11 is 0. The molecular formula is C19H29NO5. The Kier molecular flexibility index (Phi) is 8.99. The lowest BCUT2D eigenvalue weighted by atomic mass is 10.2. The van der Waals surface area contributed by atoms with Crippen molar-refractivity contribution in [2.24, 2.45) is 0 Å². The molecule has 0 aliphatic heterocycles. The van der Waals surface area contributed by atoms with Gasteiger partial charge in [-0.05, 0) is 51.5 Å². The predicted octanol–water partition coefficient (Wildman–Crippen LogP) is 3.41. The predicted molar refractivity (Wildman–Crippen MR) is 96.8 cm³/mol. The van der Waals surface area contributed by atoms with Gasteiger partial charge in [0, 0.05) is 12.2 Å². The maximum atomic E-state index is 11.9. The number of nitrogens with one attached hydrogen (secondary N) is 1. The number of esters is 2. The fourth-order valence-corrected chi connectivity index (χ4v) is 1.94. The van der Waals surface area contributed by atoms with Crippen LogP contribution in [-0.2, 0) is 19.0 Å². The molecule has 1 N–H and O–H groups in total. The molecule has 0 aliphatic rings. The van der Waals surface area contributed by atoms with E-state index in [0.717, 1.165) is 25.1 Å². The van der Waals surface area contributed by atoms with Crippen molar-refractivity contribution in [3.8, 4) is 0 Å². The van der Waals surface area contributed by atoms with Crippen molar-refractivity contribution in [1.29, 1.82) is 0 Å². The Balaban J connectivity index is 2.22. The van der Waals surface area contributed by atoms with Crippen molar-refractivity contribution in [3.05, 3.63) is 29.8 Å². The Morgan fingerprint density at radius 1 is 1.08 bits per heavy atom. The van der Waals surface area contributed by atoms with Crippen LogP contribution in [0.15, 0.2) is 24.3 Å². The van der Waals surface area contributed by atoms with Crippen LogP contribution in [0.5, 0.6) is 0 Å². The van der Waals surface area contributed by atoms with Crippen LogP contribution in [0.25, 0.3) is 0 Å². The Labute approximate surface area is 149 Å². The fraction of sp³-hybridized carbons (Fsp3) is 0.579. The minimum absolute atomic E-state index is 0.0815. The van der Waals surface area contributed by atoms with Crippen LogP contribution >= 0.6 is 0 Å². The molecule has 25 heavy (non-hydrogen) atoms. The minimum Gasteiger partial charge on any atom is -0.460 e. The molecule has 0 unspecified atom stereocenters. The Bertz CT molecular complexity index is 534. The molecule has 0 atom stereocenters. The van der Waals surface area contributed by atoms with Crippen molar-refractivity contribution in [2.75, 3.05) is 31.7 Å². The van der Waals surface area contributed by atoms with Gasteiger partial charge in [-0.25, -0.2) is 9.59 Å². The average molecular weight is 351 g/mol. The third kappa shape index (κ3) is 9.72. The number of rotatable bonds is 10. The van der Waals surface area contributed by atoms with Crippen LogP contribution in [0.3, 0.4) is 0 Å². The zero-order chi connectivity index (χ0) is 18.7. The van der Waals surface area contributed by atoms with E-state index >= 15 is 0 Å². The van der Waals surface area contributed by atoms with E-state index in [9.17, 15) is 9.59 Å². The van der Waals surface area contributed by atoms with Gasteiger partial charge in [0.25, 0.3) is 0 Å². The van der Waals surface area contributed by atoms with E-state index in [0.29, 0.717) is 5.56 Å². The smallest absolute Gasteiger partial charge is 0.338 e. The van der Waals surface area contributed by atoms with Crippen LogP contribution in [0.1, 0.15) is 50.9 Å². The summed E-state index contributed by atoms with van der Waals surface area (Å²) in [6.07, 6.45) is 2.24. The van der Waals surface area contributed by atoms with E-state index in [1.54, 1.807) is 32.9 Å². The van der Waals surface area contributed by atoms with Gasteiger partial charge in [-0.3, -0.25) is 0 Å². The SMILES string of the molecule is CCCCNc1ccc(C(=O)OCCOCC(=O)OC(C)(C)C)cc1. The number of carbonyl (C=O) groups excluding carboxylic acids is 2. The summed E-state index contributed by atoms with van der Waals surface area (Å²) in [6, 6.07) is 7.15. The van der Waals surface area contributed by atoms with Crippen LogP contribution < -0.4 is 5.32 Å². The zero-order valence-electron chi connectivity index (χ0n) is 15.6. The highest BCUT2D eigenvalue weighted by atomic mass is 16.6. The molecule has 1 aromatic rings. The number of hydrogen-bond acceptors (Lipinski definition) is 6. The first-order valence-corrected chi connectivity index (χ1v) is 8.62. The van der Waals surface area contributed by atoms with E-state index < -0.39 is 17.5 Å². The summed E-state index contributed by atoms with van der Waals surface area (Å²) < 4.78 is 15.4. The third-order valence-electron chi connectivity index (χ3n) is 3.08. The first-order valence-electron chi connectivity index (χ1n) is 8.62. The second kappa shape index (κ2) is 10.7. The van der Waals surface area contributed by atoms with E-state index in [4.69, 9.17) is 14.2 Å². The summed E-state index contributed by atoms with van der Waals surface area (Å²) in [5.41, 5.74) is 0.920. The van der Waals surface area contributed by atoms with Crippen LogP contribution in [0, 0.1) is 0 Å². The molecule has 1 aromatic carbocycles. The number of anilines is 1. The van der Waals surface area contributed by atoms with Gasteiger partial charge >= 0.3 is 11.9 Å². The molecule has 140 valence electrons. The van der Waals surface area contributed by atoms with E-state index in [1.165, 1.54) is 0 Å². The van der Waals surface area contributed by atoms with Crippen LogP contribution in [-0.4, -0.2) is 43.9 Å². The average Bonchev–Trinajstić information content (AvgIpc) is 2.53. The lowest BCUT2D eigenvalue weighted by Gasteiger charge is -2.19. The summed E-state index contributed by atoms with van der Waals surface area (Å²) in [4.78, 5) is 23.4. The van der Waals surface area contributed by atoms with Crippen LogP contribution in [0.2, 0.25) is 0 Å². The third-order valence-corrected chi connectivity index (χ3v) is 3.08. The molecule has 1 rings (SSSR count).